The number of nitrogens with zero attached hydrogens (tertiary/aromatic N) is 2. The van der Waals surface area contributed by atoms with E-state index in [0.717, 1.165) is 5.56 Å². The Morgan fingerprint density at radius 2 is 1.94 bits per heavy atom. The third-order valence-electron chi connectivity index (χ3n) is 5.22. The summed E-state index contributed by atoms with van der Waals surface area (Å²) in [5.74, 6) is -0.392. The van der Waals surface area contributed by atoms with Crippen molar-refractivity contribution in [1.82, 2.24) is 9.62 Å². The van der Waals surface area contributed by atoms with E-state index in [0.29, 0.717) is 25.1 Å². The second kappa shape index (κ2) is 10.1. The fourth-order valence-corrected chi connectivity index (χ4v) is 5.83. The molecule has 2 heterocycles. The molecule has 0 bridgehead atoms. The van der Waals surface area contributed by atoms with E-state index in [-0.39, 0.29) is 33.9 Å². The third kappa shape index (κ3) is 5.73. The molecule has 0 radical (unpaired) electrons. The Balaban J connectivity index is 1.38. The number of thiophene rings is 1. The maximum atomic E-state index is 12.7. The summed E-state index contributed by atoms with van der Waals surface area (Å²) in [6, 6.07) is 11.4. The highest BCUT2D eigenvalue weighted by Crippen LogP contribution is 2.37. The van der Waals surface area contributed by atoms with E-state index >= 15 is 0 Å². The van der Waals surface area contributed by atoms with Crippen molar-refractivity contribution in [2.45, 2.75) is 24.8 Å². The second-order valence-corrected chi connectivity index (χ2v) is 10.6. The number of nitro benzene ring substituents is 1. The van der Waals surface area contributed by atoms with E-state index in [4.69, 9.17) is 16.3 Å². The van der Waals surface area contributed by atoms with E-state index in [9.17, 15) is 23.3 Å². The van der Waals surface area contributed by atoms with Crippen molar-refractivity contribution in [3.8, 4) is 11.5 Å². The maximum Gasteiger partial charge on any atom is 0.313 e. The summed E-state index contributed by atoms with van der Waals surface area (Å²) in [5, 5.41) is 15.2. The second-order valence-electron chi connectivity index (χ2n) is 7.70. The number of likely N-dealkylation sites (tertiary alicyclic amines) is 1. The number of carbonyl (C=O) groups is 1. The van der Waals surface area contributed by atoms with Crippen LogP contribution < -0.4 is 9.46 Å². The van der Waals surface area contributed by atoms with Gasteiger partial charge in [0, 0.05) is 19.2 Å². The fourth-order valence-electron chi connectivity index (χ4n) is 3.60. The molecule has 178 valence electrons. The van der Waals surface area contributed by atoms with Gasteiger partial charge in [0.1, 0.15) is 11.8 Å². The van der Waals surface area contributed by atoms with Crippen LogP contribution in [-0.2, 0) is 27.1 Å². The average Bonchev–Trinajstić information content (AvgIpc) is 3.41. The van der Waals surface area contributed by atoms with Crippen LogP contribution >= 0.6 is 22.9 Å². The number of ether oxygens (including phenoxy) is 1. The van der Waals surface area contributed by atoms with Crippen LogP contribution in [0.2, 0.25) is 5.02 Å². The molecule has 1 saturated heterocycles. The Bertz CT molecular complexity index is 1300. The van der Waals surface area contributed by atoms with Crippen LogP contribution in [0.15, 0.2) is 59.3 Å². The molecule has 4 rings (SSSR count). The first-order valence-electron chi connectivity index (χ1n) is 10.2. The van der Waals surface area contributed by atoms with Crippen LogP contribution in [0.5, 0.6) is 11.5 Å². The molecule has 0 unspecified atom stereocenters. The van der Waals surface area contributed by atoms with E-state index in [1.54, 1.807) is 16.2 Å². The number of hydrogen-bond donors (Lipinski definition) is 1. The molecule has 2 aromatic carbocycles. The molecule has 1 aliphatic rings. The van der Waals surface area contributed by atoms with Crippen molar-refractivity contribution in [1.29, 1.82) is 0 Å². The molecular formula is C22H20ClN3O6S2. The molecule has 0 aliphatic carbocycles. The van der Waals surface area contributed by atoms with Gasteiger partial charge in [0.2, 0.25) is 21.7 Å². The Morgan fingerprint density at radius 3 is 2.62 bits per heavy atom. The lowest BCUT2D eigenvalue weighted by Gasteiger charge is -2.16. The number of para-hydroxylation sites is 1. The number of nitrogens with one attached hydrogen (secondary N) is 1. The van der Waals surface area contributed by atoms with Gasteiger partial charge in [-0.1, -0.05) is 29.8 Å². The Hall–Kier alpha value is -2.99. The summed E-state index contributed by atoms with van der Waals surface area (Å²) in [4.78, 5) is 24.9. The Kier molecular flexibility index (Phi) is 7.17. The van der Waals surface area contributed by atoms with Crippen LogP contribution in [0.4, 0.5) is 5.69 Å². The number of amides is 1. The molecule has 34 heavy (non-hydrogen) atoms. The summed E-state index contributed by atoms with van der Waals surface area (Å²) in [6.45, 7) is 0.952. The highest BCUT2D eigenvalue weighted by Gasteiger charge is 2.34. The lowest BCUT2D eigenvalue weighted by atomic mass is 10.2. The summed E-state index contributed by atoms with van der Waals surface area (Å²) in [6.07, 6.45) is 0.408. The van der Waals surface area contributed by atoms with E-state index < -0.39 is 21.0 Å². The van der Waals surface area contributed by atoms with E-state index in [1.807, 2.05) is 16.8 Å². The Labute approximate surface area is 205 Å². The van der Waals surface area contributed by atoms with Crippen LogP contribution in [0, 0.1) is 10.1 Å². The van der Waals surface area contributed by atoms with Crippen LogP contribution in [-0.4, -0.2) is 36.7 Å². The quantitative estimate of drug-likeness (QED) is 0.331. The SMILES string of the molecule is O=C1[C@@H](NS(=O)(=O)Cc2ccc(Oc3c(Cl)cccc3[N+](=O)[O-])cc2)CCN1Cc1ccsc1. The molecule has 9 nitrogen and oxygen atoms in total. The normalized spacial score (nSPS) is 16.1. The number of halogens is 1. The molecule has 3 aromatic rings. The minimum absolute atomic E-state index is 0.0827. The van der Waals surface area contributed by atoms with Crippen molar-refractivity contribution in [2.75, 3.05) is 6.54 Å². The van der Waals surface area contributed by atoms with Crippen molar-refractivity contribution in [3.63, 3.8) is 0 Å². The van der Waals surface area contributed by atoms with Gasteiger partial charge in [-0.3, -0.25) is 14.9 Å². The zero-order valence-corrected chi connectivity index (χ0v) is 20.1. The molecule has 1 N–H and O–H groups in total. The molecule has 0 saturated carbocycles. The highest BCUT2D eigenvalue weighted by molar-refractivity contribution is 7.88. The van der Waals surface area contributed by atoms with Gasteiger partial charge in [-0.05, 0) is 52.6 Å². The van der Waals surface area contributed by atoms with Crippen molar-refractivity contribution in [2.24, 2.45) is 0 Å². The number of benzene rings is 2. The van der Waals surface area contributed by atoms with Crippen molar-refractivity contribution in [3.05, 3.63) is 85.6 Å². The number of hydrogen-bond acceptors (Lipinski definition) is 7. The van der Waals surface area contributed by atoms with Crippen LogP contribution in [0.1, 0.15) is 17.5 Å². The monoisotopic (exact) mass is 521 g/mol. The molecule has 1 amide bonds. The van der Waals surface area contributed by atoms with Crippen LogP contribution in [0.3, 0.4) is 0 Å². The average molecular weight is 522 g/mol. The molecule has 1 aliphatic heterocycles. The molecular weight excluding hydrogens is 502 g/mol. The summed E-state index contributed by atoms with van der Waals surface area (Å²) in [7, 11) is -3.78. The fraction of sp³-hybridized carbons (Fsp3) is 0.227. The predicted octanol–water partition coefficient (Wildman–Crippen LogP) is 4.32. The molecule has 12 heteroatoms. The van der Waals surface area contributed by atoms with Gasteiger partial charge in [0.05, 0.1) is 15.7 Å². The zero-order chi connectivity index (χ0) is 24.3. The smallest absolute Gasteiger partial charge is 0.313 e. The predicted molar refractivity (Wildman–Crippen MR) is 129 cm³/mol. The van der Waals surface area contributed by atoms with Gasteiger partial charge in [0.25, 0.3) is 0 Å². The first kappa shape index (κ1) is 24.1. The molecule has 1 aromatic heterocycles. The lowest BCUT2D eigenvalue weighted by Crippen LogP contribution is -2.41. The first-order chi connectivity index (χ1) is 16.2. The molecule has 1 fully saturated rings. The van der Waals surface area contributed by atoms with Gasteiger partial charge in [-0.15, -0.1) is 0 Å². The molecule has 0 spiro atoms. The number of nitro groups is 1. The van der Waals surface area contributed by atoms with Gasteiger partial charge in [-0.2, -0.15) is 11.3 Å². The third-order valence-corrected chi connectivity index (χ3v) is 7.60. The van der Waals surface area contributed by atoms with Crippen LogP contribution in [0.25, 0.3) is 0 Å². The largest absolute Gasteiger partial charge is 0.449 e. The standard InChI is InChI=1S/C22H20ClN3O6S2/c23-18-2-1-3-20(26(28)29)21(18)32-17-6-4-15(5-7-17)14-34(30,31)24-19-8-10-25(22(19)27)12-16-9-11-33-13-16/h1-7,9,11,13,19,24H,8,10,12,14H2/t19-/m0/s1. The molecule has 1 atom stereocenters. The van der Waals surface area contributed by atoms with Crippen molar-refractivity contribution < 1.29 is 22.9 Å². The minimum Gasteiger partial charge on any atom is -0.449 e. The van der Waals surface area contributed by atoms with E-state index in [1.165, 1.54) is 42.5 Å². The van der Waals surface area contributed by atoms with E-state index in [2.05, 4.69) is 4.72 Å². The minimum atomic E-state index is -3.78. The van der Waals surface area contributed by atoms with Gasteiger partial charge in [0.15, 0.2) is 0 Å². The van der Waals surface area contributed by atoms with Crippen molar-refractivity contribution >= 4 is 44.6 Å². The van der Waals surface area contributed by atoms with Gasteiger partial charge < -0.3 is 9.64 Å². The highest BCUT2D eigenvalue weighted by atomic mass is 35.5. The first-order valence-corrected chi connectivity index (χ1v) is 13.2. The number of carbonyl (C=O) groups excluding carboxylic acids is 1. The van der Waals surface area contributed by atoms with Gasteiger partial charge in [-0.25, -0.2) is 13.1 Å². The number of rotatable bonds is 9. The summed E-state index contributed by atoms with van der Waals surface area (Å²) < 4.78 is 33.4. The maximum absolute atomic E-state index is 12.7. The van der Waals surface area contributed by atoms with Gasteiger partial charge >= 0.3 is 5.69 Å². The Morgan fingerprint density at radius 1 is 1.18 bits per heavy atom. The summed E-state index contributed by atoms with van der Waals surface area (Å²) in [5.41, 5.74) is 1.21. The lowest BCUT2D eigenvalue weighted by molar-refractivity contribution is -0.385. The summed E-state index contributed by atoms with van der Waals surface area (Å²) >= 11 is 7.58. The topological polar surface area (TPSA) is 119 Å². The number of sulfonamides is 1. The zero-order valence-electron chi connectivity index (χ0n) is 17.7.